The summed E-state index contributed by atoms with van der Waals surface area (Å²) in [6.07, 6.45) is 5.56. The Kier molecular flexibility index (Phi) is 5.45. The lowest BCUT2D eigenvalue weighted by molar-refractivity contribution is 0.0951. The number of aromatic nitrogens is 3. The van der Waals surface area contributed by atoms with Crippen LogP contribution in [0.1, 0.15) is 41.3 Å². The normalized spacial score (nSPS) is 13.1. The van der Waals surface area contributed by atoms with Gasteiger partial charge in [-0.25, -0.2) is 9.97 Å². The Labute approximate surface area is 169 Å². The van der Waals surface area contributed by atoms with Gasteiger partial charge < -0.3 is 20.9 Å². The van der Waals surface area contributed by atoms with Crippen molar-refractivity contribution in [2.75, 3.05) is 18.8 Å². The van der Waals surface area contributed by atoms with E-state index < -0.39 is 0 Å². The van der Waals surface area contributed by atoms with Gasteiger partial charge in [-0.05, 0) is 37.6 Å². The quantitative estimate of drug-likeness (QED) is 0.443. The standard InChI is InChI=1S/C22H24N6O/c1-2-24-10-11-28-13-17(19-20(23)25-14-26-21(19)28)7-6-15-4-3-5-16(12-15)22(29)27-18-8-9-18/h3-5,12-14,18,24H,2,8-11H2,1H3,(H,27,29)(H2,23,25,26). The number of carbonyl (C=O) groups is 1. The van der Waals surface area contributed by atoms with Crippen molar-refractivity contribution >= 4 is 22.8 Å². The Hall–Kier alpha value is -3.37. The number of carbonyl (C=O) groups excluding carboxylic acids is 1. The lowest BCUT2D eigenvalue weighted by Crippen LogP contribution is -2.25. The minimum atomic E-state index is -0.0474. The lowest BCUT2D eigenvalue weighted by atomic mass is 10.1. The second-order valence-electron chi connectivity index (χ2n) is 7.13. The van der Waals surface area contributed by atoms with Crippen LogP contribution in [0.5, 0.6) is 0 Å². The molecule has 2 heterocycles. The molecule has 3 aromatic rings. The summed E-state index contributed by atoms with van der Waals surface area (Å²) in [5, 5.41) is 7.07. The maximum atomic E-state index is 12.3. The summed E-state index contributed by atoms with van der Waals surface area (Å²) in [6, 6.07) is 7.69. The molecule has 4 rings (SSSR count). The van der Waals surface area contributed by atoms with Crippen molar-refractivity contribution in [3.63, 3.8) is 0 Å². The van der Waals surface area contributed by atoms with Crippen LogP contribution in [0.3, 0.4) is 0 Å². The zero-order chi connectivity index (χ0) is 20.2. The number of amides is 1. The summed E-state index contributed by atoms with van der Waals surface area (Å²) in [7, 11) is 0. The summed E-state index contributed by atoms with van der Waals surface area (Å²) in [6.45, 7) is 4.58. The molecular weight excluding hydrogens is 364 g/mol. The summed E-state index contributed by atoms with van der Waals surface area (Å²) in [4.78, 5) is 20.8. The molecule has 4 N–H and O–H groups in total. The number of fused-ring (bicyclic) bond motifs is 1. The van der Waals surface area contributed by atoms with Crippen LogP contribution in [-0.4, -0.2) is 39.6 Å². The lowest BCUT2D eigenvalue weighted by Gasteiger charge is -2.04. The fourth-order valence-corrected chi connectivity index (χ4v) is 3.16. The molecule has 1 aliphatic carbocycles. The number of nitrogens with one attached hydrogen (secondary N) is 2. The highest BCUT2D eigenvalue weighted by atomic mass is 16.1. The molecule has 7 nitrogen and oxygen atoms in total. The van der Waals surface area contributed by atoms with Crippen molar-refractivity contribution in [2.24, 2.45) is 0 Å². The van der Waals surface area contributed by atoms with Crippen LogP contribution in [0.4, 0.5) is 5.82 Å². The highest BCUT2D eigenvalue weighted by Crippen LogP contribution is 2.23. The molecule has 1 amide bonds. The minimum absolute atomic E-state index is 0.0474. The SMILES string of the molecule is CCNCCn1cc(C#Cc2cccc(C(=O)NC3CC3)c2)c2c(N)ncnc21. The number of nitrogen functional groups attached to an aromatic ring is 1. The number of rotatable bonds is 6. The van der Waals surface area contributed by atoms with Crippen molar-refractivity contribution in [1.82, 2.24) is 25.2 Å². The van der Waals surface area contributed by atoms with E-state index >= 15 is 0 Å². The van der Waals surface area contributed by atoms with Crippen LogP contribution in [-0.2, 0) is 6.54 Å². The first-order valence-electron chi connectivity index (χ1n) is 9.88. The first-order chi connectivity index (χ1) is 14.2. The van der Waals surface area contributed by atoms with Gasteiger partial charge in [-0.1, -0.05) is 24.8 Å². The van der Waals surface area contributed by atoms with E-state index in [1.165, 1.54) is 6.33 Å². The number of hydrogen-bond acceptors (Lipinski definition) is 5. The molecule has 148 valence electrons. The number of benzene rings is 1. The zero-order valence-electron chi connectivity index (χ0n) is 16.4. The van der Waals surface area contributed by atoms with Crippen LogP contribution in [0.2, 0.25) is 0 Å². The van der Waals surface area contributed by atoms with Gasteiger partial charge in [0.1, 0.15) is 17.8 Å². The molecule has 2 aromatic heterocycles. The maximum Gasteiger partial charge on any atom is 0.251 e. The third-order valence-corrected chi connectivity index (χ3v) is 4.84. The van der Waals surface area contributed by atoms with E-state index in [0.29, 0.717) is 17.4 Å². The van der Waals surface area contributed by atoms with E-state index in [4.69, 9.17) is 5.73 Å². The van der Waals surface area contributed by atoms with Crippen molar-refractivity contribution in [1.29, 1.82) is 0 Å². The van der Waals surface area contributed by atoms with Gasteiger partial charge in [0.25, 0.3) is 5.91 Å². The molecule has 29 heavy (non-hydrogen) atoms. The molecule has 1 saturated carbocycles. The van der Waals surface area contributed by atoms with Crippen molar-refractivity contribution < 1.29 is 4.79 Å². The Morgan fingerprint density at radius 2 is 2.17 bits per heavy atom. The third-order valence-electron chi connectivity index (χ3n) is 4.84. The Balaban J connectivity index is 1.63. The highest BCUT2D eigenvalue weighted by Gasteiger charge is 2.23. The van der Waals surface area contributed by atoms with Crippen LogP contribution >= 0.6 is 0 Å². The molecule has 0 bridgehead atoms. The molecule has 0 unspecified atom stereocenters. The predicted molar refractivity (Wildman–Crippen MR) is 113 cm³/mol. The van der Waals surface area contributed by atoms with Gasteiger partial charge in [0.2, 0.25) is 0 Å². The summed E-state index contributed by atoms with van der Waals surface area (Å²) in [5.41, 5.74) is 9.06. The molecule has 0 atom stereocenters. The van der Waals surface area contributed by atoms with Crippen LogP contribution in [0.15, 0.2) is 36.8 Å². The highest BCUT2D eigenvalue weighted by molar-refractivity contribution is 5.95. The molecule has 1 aromatic carbocycles. The van der Waals surface area contributed by atoms with E-state index in [-0.39, 0.29) is 5.91 Å². The number of likely N-dealkylation sites (N-methyl/N-ethyl adjacent to an activating group) is 1. The smallest absolute Gasteiger partial charge is 0.251 e. The summed E-state index contributed by atoms with van der Waals surface area (Å²) >= 11 is 0. The summed E-state index contributed by atoms with van der Waals surface area (Å²) < 4.78 is 2.04. The largest absolute Gasteiger partial charge is 0.383 e. The van der Waals surface area contributed by atoms with E-state index in [1.54, 1.807) is 6.07 Å². The van der Waals surface area contributed by atoms with Gasteiger partial charge >= 0.3 is 0 Å². The van der Waals surface area contributed by atoms with Crippen LogP contribution < -0.4 is 16.4 Å². The van der Waals surface area contributed by atoms with E-state index in [1.807, 2.05) is 29.0 Å². The number of anilines is 1. The zero-order valence-corrected chi connectivity index (χ0v) is 16.4. The molecule has 1 aliphatic rings. The van der Waals surface area contributed by atoms with Gasteiger partial charge in [0, 0.05) is 36.5 Å². The number of nitrogens with two attached hydrogens (primary N) is 1. The van der Waals surface area contributed by atoms with Gasteiger partial charge in [0.05, 0.1) is 10.9 Å². The topological polar surface area (TPSA) is 97.9 Å². The Morgan fingerprint density at radius 1 is 1.31 bits per heavy atom. The second-order valence-corrected chi connectivity index (χ2v) is 7.13. The fraction of sp³-hybridized carbons (Fsp3) is 0.318. The molecule has 0 spiro atoms. The fourth-order valence-electron chi connectivity index (χ4n) is 3.16. The van der Waals surface area contributed by atoms with Crippen molar-refractivity contribution in [2.45, 2.75) is 32.4 Å². The summed E-state index contributed by atoms with van der Waals surface area (Å²) in [5.74, 6) is 6.72. The maximum absolute atomic E-state index is 12.3. The predicted octanol–water partition coefficient (Wildman–Crippen LogP) is 1.91. The minimum Gasteiger partial charge on any atom is -0.383 e. The van der Waals surface area contributed by atoms with Gasteiger partial charge in [-0.15, -0.1) is 0 Å². The number of nitrogens with zero attached hydrogens (tertiary/aromatic N) is 3. The van der Waals surface area contributed by atoms with Gasteiger partial charge in [0.15, 0.2) is 0 Å². The van der Waals surface area contributed by atoms with Crippen molar-refractivity contribution in [3.05, 3.63) is 53.5 Å². The first kappa shape index (κ1) is 19.0. The van der Waals surface area contributed by atoms with Gasteiger partial charge in [-0.3, -0.25) is 4.79 Å². The molecule has 0 aliphatic heterocycles. The van der Waals surface area contributed by atoms with Crippen LogP contribution in [0.25, 0.3) is 11.0 Å². The van der Waals surface area contributed by atoms with E-state index in [0.717, 1.165) is 54.6 Å². The van der Waals surface area contributed by atoms with Crippen LogP contribution in [0, 0.1) is 11.8 Å². The van der Waals surface area contributed by atoms with E-state index in [9.17, 15) is 4.79 Å². The molecule has 7 heteroatoms. The number of hydrogen-bond donors (Lipinski definition) is 3. The average molecular weight is 388 g/mol. The van der Waals surface area contributed by atoms with E-state index in [2.05, 4.69) is 39.4 Å². The average Bonchev–Trinajstić information content (AvgIpc) is 3.47. The Morgan fingerprint density at radius 3 is 2.97 bits per heavy atom. The third kappa shape index (κ3) is 4.39. The Bertz CT molecular complexity index is 1100. The monoisotopic (exact) mass is 388 g/mol. The molecule has 0 saturated heterocycles. The van der Waals surface area contributed by atoms with Crippen molar-refractivity contribution in [3.8, 4) is 11.8 Å². The molecule has 0 radical (unpaired) electrons. The van der Waals surface area contributed by atoms with Gasteiger partial charge in [-0.2, -0.15) is 0 Å². The molecular formula is C22H24N6O. The first-order valence-corrected chi connectivity index (χ1v) is 9.88. The second kappa shape index (κ2) is 8.33. The molecule has 1 fully saturated rings.